The minimum Gasteiger partial charge on any atom is -0.490 e. The summed E-state index contributed by atoms with van der Waals surface area (Å²) in [6.07, 6.45) is 0.976. The van der Waals surface area contributed by atoms with Gasteiger partial charge in [-0.25, -0.2) is 14.2 Å². The van der Waals surface area contributed by atoms with Gasteiger partial charge in [-0.1, -0.05) is 0 Å². The Labute approximate surface area is 141 Å². The number of fused-ring (bicyclic) bond motifs is 4. The lowest BCUT2D eigenvalue weighted by atomic mass is 10.1. The summed E-state index contributed by atoms with van der Waals surface area (Å²) in [6, 6.07) is 5.29. The molecule has 2 N–H and O–H groups in total. The number of aromatic amines is 1. The fourth-order valence-corrected chi connectivity index (χ4v) is 2.50. The smallest absolute Gasteiger partial charge is 0.407 e. The Kier molecular flexibility index (Phi) is 3.88. The summed E-state index contributed by atoms with van der Waals surface area (Å²) < 4.78 is 24.4. The van der Waals surface area contributed by atoms with Crippen molar-refractivity contribution in [1.29, 1.82) is 0 Å². The predicted octanol–water partition coefficient (Wildman–Crippen LogP) is 1.98. The molecule has 0 aliphatic carbocycles. The van der Waals surface area contributed by atoms with Gasteiger partial charge < -0.3 is 14.8 Å². The van der Waals surface area contributed by atoms with E-state index in [0.29, 0.717) is 22.8 Å². The number of carbonyl (C=O) groups excluding carboxylic acids is 1. The third-order valence-corrected chi connectivity index (χ3v) is 3.71. The van der Waals surface area contributed by atoms with Gasteiger partial charge >= 0.3 is 6.09 Å². The lowest BCUT2D eigenvalue weighted by Gasteiger charge is -2.11. The molecule has 4 bridgehead atoms. The van der Waals surface area contributed by atoms with Crippen LogP contribution in [-0.4, -0.2) is 45.6 Å². The molecule has 1 aliphatic heterocycles. The van der Waals surface area contributed by atoms with Crippen LogP contribution in [0.15, 0.2) is 30.6 Å². The third-order valence-electron chi connectivity index (χ3n) is 3.71. The number of rotatable bonds is 0. The van der Waals surface area contributed by atoms with Crippen molar-refractivity contribution >= 4 is 17.0 Å². The molecule has 0 saturated carbocycles. The topological polar surface area (TPSA) is 102 Å². The minimum absolute atomic E-state index is 0.0757. The van der Waals surface area contributed by atoms with E-state index in [9.17, 15) is 9.18 Å². The van der Waals surface area contributed by atoms with Crippen molar-refractivity contribution in [2.24, 2.45) is 0 Å². The van der Waals surface area contributed by atoms with Crippen molar-refractivity contribution in [2.45, 2.75) is 12.8 Å². The van der Waals surface area contributed by atoms with E-state index in [4.69, 9.17) is 9.47 Å². The van der Waals surface area contributed by atoms with Crippen LogP contribution in [0.1, 0.15) is 5.69 Å². The maximum atomic E-state index is 13.9. The first-order valence-electron chi connectivity index (χ1n) is 7.66. The molecule has 128 valence electrons. The van der Waals surface area contributed by atoms with Crippen LogP contribution in [0.5, 0.6) is 5.75 Å². The molecule has 1 amide bonds. The molecule has 1 aromatic carbocycles. The number of hydrogen-bond donors (Lipinski definition) is 2. The quantitative estimate of drug-likeness (QED) is 0.647. The fourth-order valence-electron chi connectivity index (χ4n) is 2.50. The number of H-pyrrole nitrogens is 1. The predicted molar refractivity (Wildman–Crippen MR) is 85.7 cm³/mol. The summed E-state index contributed by atoms with van der Waals surface area (Å²) in [6.45, 7) is -0.468. The molecule has 0 fully saturated rings. The molecule has 2 aromatic heterocycles. The SMILES string of the molecule is O=C1NC[C@H](F)COc2ccc3[nH]nc(c3c2)-c2cncc(n2)CO1. The summed E-state index contributed by atoms with van der Waals surface area (Å²) in [5, 5.41) is 10.3. The van der Waals surface area contributed by atoms with Crippen LogP contribution in [0.2, 0.25) is 0 Å². The molecular weight excluding hydrogens is 329 g/mol. The van der Waals surface area contributed by atoms with Gasteiger partial charge in [-0.15, -0.1) is 0 Å². The number of halogens is 1. The lowest BCUT2D eigenvalue weighted by Crippen LogP contribution is -2.33. The van der Waals surface area contributed by atoms with Gasteiger partial charge in [0.25, 0.3) is 0 Å². The average Bonchev–Trinajstić information content (AvgIpc) is 3.06. The molecule has 0 spiro atoms. The van der Waals surface area contributed by atoms with Crippen molar-refractivity contribution in [2.75, 3.05) is 13.2 Å². The van der Waals surface area contributed by atoms with Crippen LogP contribution in [0.4, 0.5) is 9.18 Å². The zero-order valence-corrected chi connectivity index (χ0v) is 13.0. The van der Waals surface area contributed by atoms with Crippen LogP contribution in [0, 0.1) is 0 Å². The second-order valence-corrected chi connectivity index (χ2v) is 5.54. The van der Waals surface area contributed by atoms with Crippen LogP contribution in [-0.2, 0) is 11.3 Å². The molecular formula is C16H14FN5O3. The summed E-state index contributed by atoms with van der Waals surface area (Å²) >= 11 is 0. The van der Waals surface area contributed by atoms with Crippen LogP contribution < -0.4 is 10.1 Å². The van der Waals surface area contributed by atoms with Crippen LogP contribution >= 0.6 is 0 Å². The number of alkyl halides is 1. The average molecular weight is 343 g/mol. The molecule has 3 heterocycles. The Morgan fingerprint density at radius 3 is 3.08 bits per heavy atom. The Balaban J connectivity index is 1.78. The molecule has 0 unspecified atom stereocenters. The Bertz CT molecular complexity index is 929. The summed E-state index contributed by atoms with van der Waals surface area (Å²) in [7, 11) is 0. The third kappa shape index (κ3) is 3.21. The first-order chi connectivity index (χ1) is 12.2. The number of benzene rings is 1. The van der Waals surface area contributed by atoms with Gasteiger partial charge in [0.15, 0.2) is 6.17 Å². The van der Waals surface area contributed by atoms with E-state index in [1.807, 2.05) is 0 Å². The first kappa shape index (κ1) is 15.3. The summed E-state index contributed by atoms with van der Waals surface area (Å²) in [5.41, 5.74) is 2.38. The standard InChI is InChI=1S/C16H14FN5O3/c17-9-4-19-16(23)25-8-10-5-18-6-14(20-10)15-12-3-11(24-7-9)1-2-13(12)21-22-15/h1-3,5-6,9H,4,7-8H2,(H,19,23)(H,21,22)/t9-/m0/s1. The van der Waals surface area contributed by atoms with Gasteiger partial charge in [-0.05, 0) is 18.2 Å². The first-order valence-corrected chi connectivity index (χ1v) is 7.66. The highest BCUT2D eigenvalue weighted by atomic mass is 19.1. The molecule has 0 radical (unpaired) electrons. The number of carbonyl (C=O) groups is 1. The number of nitrogens with one attached hydrogen (secondary N) is 2. The highest BCUT2D eigenvalue weighted by Crippen LogP contribution is 2.28. The van der Waals surface area contributed by atoms with E-state index in [0.717, 1.165) is 10.9 Å². The molecule has 4 rings (SSSR count). The number of alkyl carbamates (subject to hydrolysis) is 1. The van der Waals surface area contributed by atoms with Gasteiger partial charge in [-0.3, -0.25) is 10.1 Å². The zero-order valence-electron chi connectivity index (χ0n) is 13.0. The van der Waals surface area contributed by atoms with E-state index in [1.54, 1.807) is 24.4 Å². The Morgan fingerprint density at radius 2 is 2.16 bits per heavy atom. The van der Waals surface area contributed by atoms with E-state index in [2.05, 4.69) is 25.5 Å². The highest BCUT2D eigenvalue weighted by molar-refractivity contribution is 5.92. The number of aromatic nitrogens is 4. The van der Waals surface area contributed by atoms with Gasteiger partial charge in [-0.2, -0.15) is 5.10 Å². The van der Waals surface area contributed by atoms with Gasteiger partial charge in [0.1, 0.15) is 30.4 Å². The largest absolute Gasteiger partial charge is 0.490 e. The lowest BCUT2D eigenvalue weighted by molar-refractivity contribution is 0.130. The minimum atomic E-state index is -1.36. The molecule has 0 saturated heterocycles. The molecule has 25 heavy (non-hydrogen) atoms. The summed E-state index contributed by atoms with van der Waals surface area (Å²) in [5.74, 6) is 0.499. The number of cyclic esters (lactones) is 1. The number of nitrogens with zero attached hydrogens (tertiary/aromatic N) is 3. The van der Waals surface area contributed by atoms with Gasteiger partial charge in [0, 0.05) is 5.39 Å². The van der Waals surface area contributed by atoms with Crippen molar-refractivity contribution in [3.8, 4) is 17.1 Å². The fraction of sp³-hybridized carbons (Fsp3) is 0.250. The number of amides is 1. The highest BCUT2D eigenvalue weighted by Gasteiger charge is 2.15. The van der Waals surface area contributed by atoms with Gasteiger partial charge in [0.05, 0.1) is 30.1 Å². The van der Waals surface area contributed by atoms with Crippen molar-refractivity contribution in [1.82, 2.24) is 25.5 Å². The van der Waals surface area contributed by atoms with Crippen molar-refractivity contribution in [3.05, 3.63) is 36.3 Å². The summed E-state index contributed by atoms with van der Waals surface area (Å²) in [4.78, 5) is 20.2. The van der Waals surface area contributed by atoms with E-state index < -0.39 is 12.3 Å². The Hall–Kier alpha value is -3.23. The van der Waals surface area contributed by atoms with Crippen molar-refractivity contribution in [3.63, 3.8) is 0 Å². The van der Waals surface area contributed by atoms with Gasteiger partial charge in [0.2, 0.25) is 0 Å². The molecule has 9 heteroatoms. The monoisotopic (exact) mass is 343 g/mol. The van der Waals surface area contributed by atoms with Crippen LogP contribution in [0.3, 0.4) is 0 Å². The van der Waals surface area contributed by atoms with Crippen molar-refractivity contribution < 1.29 is 18.7 Å². The Morgan fingerprint density at radius 1 is 1.24 bits per heavy atom. The van der Waals surface area contributed by atoms with E-state index in [-0.39, 0.29) is 19.8 Å². The second kappa shape index (κ2) is 6.34. The maximum absolute atomic E-state index is 13.9. The molecule has 3 aromatic rings. The number of ether oxygens (including phenoxy) is 2. The molecule has 1 atom stereocenters. The normalized spacial score (nSPS) is 18.0. The van der Waals surface area contributed by atoms with E-state index in [1.165, 1.54) is 6.20 Å². The second-order valence-electron chi connectivity index (χ2n) is 5.54. The van der Waals surface area contributed by atoms with Crippen LogP contribution in [0.25, 0.3) is 22.3 Å². The maximum Gasteiger partial charge on any atom is 0.407 e. The number of hydrogen-bond acceptors (Lipinski definition) is 6. The molecule has 8 nitrogen and oxygen atoms in total. The van der Waals surface area contributed by atoms with E-state index >= 15 is 0 Å². The zero-order chi connectivity index (χ0) is 17.2. The molecule has 1 aliphatic rings.